The first-order chi connectivity index (χ1) is 12.3. The molecule has 4 heteroatoms. The molecule has 26 heavy (non-hydrogen) atoms. The summed E-state index contributed by atoms with van der Waals surface area (Å²) in [6.45, 7) is 8.02. The topological polar surface area (TPSA) is 34.1 Å². The van der Waals surface area contributed by atoms with Crippen molar-refractivity contribution in [2.24, 2.45) is 0 Å². The second kappa shape index (κ2) is 9.62. The van der Waals surface area contributed by atoms with Crippen LogP contribution in [0.25, 0.3) is 0 Å². The van der Waals surface area contributed by atoms with Crippen molar-refractivity contribution in [1.82, 2.24) is 0 Å². The first-order valence-corrected chi connectivity index (χ1v) is 11.7. The Morgan fingerprint density at radius 3 is 1.50 bits per heavy atom. The summed E-state index contributed by atoms with van der Waals surface area (Å²) in [7, 11) is 0. The Bertz CT molecular complexity index is 705. The molecule has 0 aliphatic heterocycles. The zero-order chi connectivity index (χ0) is 19.4. The van der Waals surface area contributed by atoms with Crippen LogP contribution >= 0.6 is 45.2 Å². The van der Waals surface area contributed by atoms with Crippen molar-refractivity contribution in [2.45, 2.75) is 61.2 Å². The summed E-state index contributed by atoms with van der Waals surface area (Å²) in [5.41, 5.74) is 5.40. The fourth-order valence-corrected chi connectivity index (χ4v) is 5.41. The Hall–Kier alpha value is -0.500. The van der Waals surface area contributed by atoms with Crippen LogP contribution in [0.5, 0.6) is 0 Å². The molecule has 2 rings (SSSR count). The molecule has 0 N–H and O–H groups in total. The van der Waals surface area contributed by atoms with Crippen LogP contribution in [0.3, 0.4) is 0 Å². The van der Waals surface area contributed by atoms with Gasteiger partial charge in [-0.15, -0.1) is 0 Å². The number of Topliss-reactive ketones (excluding diaryl/α,β-unsaturated/α-hetero) is 2. The van der Waals surface area contributed by atoms with Crippen LogP contribution in [-0.4, -0.2) is 19.4 Å². The highest BCUT2D eigenvalue weighted by Gasteiger charge is 2.29. The Balaban J connectivity index is 2.59. The van der Waals surface area contributed by atoms with Gasteiger partial charge in [-0.25, -0.2) is 0 Å². The molecule has 2 atom stereocenters. The normalized spacial score (nSPS) is 20.4. The van der Waals surface area contributed by atoms with Crippen molar-refractivity contribution in [3.8, 4) is 0 Å². The third kappa shape index (κ3) is 4.86. The van der Waals surface area contributed by atoms with E-state index >= 15 is 0 Å². The lowest BCUT2D eigenvalue weighted by Crippen LogP contribution is -2.23. The standard InChI is InChI=1S/C22H26I2O2/c1-5-7-19(23)17-11-16(12-18(22(17)26)20(24)8-6-2)15-9-13(3)21(25)14(4)10-15/h9-12,19-20H,5-8H2,1-4H3. The number of halogens is 2. The Morgan fingerprint density at radius 2 is 1.12 bits per heavy atom. The third-order valence-electron chi connectivity index (χ3n) is 4.70. The van der Waals surface area contributed by atoms with Gasteiger partial charge in [0.15, 0.2) is 11.6 Å². The highest BCUT2D eigenvalue weighted by Crippen LogP contribution is 2.35. The maximum atomic E-state index is 13.1. The number of rotatable bonds is 6. The average molecular weight is 576 g/mol. The molecule has 0 aromatic heterocycles. The monoisotopic (exact) mass is 576 g/mol. The van der Waals surface area contributed by atoms with E-state index in [9.17, 15) is 9.59 Å². The molecule has 2 aliphatic rings. The molecule has 0 amide bonds. The quantitative estimate of drug-likeness (QED) is 0.271. The van der Waals surface area contributed by atoms with Gasteiger partial charge in [0, 0.05) is 19.0 Å². The maximum Gasteiger partial charge on any atom is 0.187 e. The van der Waals surface area contributed by atoms with E-state index < -0.39 is 0 Å². The van der Waals surface area contributed by atoms with Gasteiger partial charge in [-0.1, -0.05) is 71.9 Å². The molecule has 0 saturated carbocycles. The Labute approximate surface area is 184 Å². The van der Waals surface area contributed by atoms with E-state index in [1.54, 1.807) is 0 Å². The van der Waals surface area contributed by atoms with Crippen molar-refractivity contribution in [1.29, 1.82) is 0 Å². The molecule has 0 bridgehead atoms. The number of allylic oxidation sites excluding steroid dienone is 10. The van der Waals surface area contributed by atoms with Gasteiger partial charge < -0.3 is 0 Å². The van der Waals surface area contributed by atoms with Crippen LogP contribution in [-0.2, 0) is 9.59 Å². The smallest absolute Gasteiger partial charge is 0.187 e. The SMILES string of the molecule is CCCC(I)C1=CC(=C2C=C(C)C(=O)C(C)=C2)C=C(C(I)CCC)C1=O. The number of ketones is 2. The highest BCUT2D eigenvalue weighted by molar-refractivity contribution is 14.1. The van der Waals surface area contributed by atoms with Gasteiger partial charge in [0.1, 0.15) is 0 Å². The van der Waals surface area contributed by atoms with Gasteiger partial charge in [0.2, 0.25) is 0 Å². The van der Waals surface area contributed by atoms with Crippen molar-refractivity contribution >= 4 is 56.7 Å². The molecular weight excluding hydrogens is 550 g/mol. The van der Waals surface area contributed by atoms with E-state index in [-0.39, 0.29) is 19.4 Å². The molecule has 0 spiro atoms. The minimum Gasteiger partial charge on any atom is -0.289 e. The minimum atomic E-state index is 0.102. The van der Waals surface area contributed by atoms with E-state index in [0.29, 0.717) is 0 Å². The zero-order valence-electron chi connectivity index (χ0n) is 15.9. The van der Waals surface area contributed by atoms with E-state index in [1.165, 1.54) is 0 Å². The molecule has 2 unspecified atom stereocenters. The summed E-state index contributed by atoms with van der Waals surface area (Å²) in [5.74, 6) is 0.300. The first-order valence-electron chi connectivity index (χ1n) is 9.21. The van der Waals surface area contributed by atoms with Crippen molar-refractivity contribution in [2.75, 3.05) is 0 Å². The number of carbonyl (C=O) groups is 2. The molecular formula is C22H26I2O2. The molecule has 2 nitrogen and oxygen atoms in total. The summed E-state index contributed by atoms with van der Waals surface area (Å²) in [4.78, 5) is 25.2. The summed E-state index contributed by atoms with van der Waals surface area (Å²) in [6.07, 6.45) is 12.1. The van der Waals surface area contributed by atoms with Gasteiger partial charge in [-0.3, -0.25) is 9.59 Å². The van der Waals surface area contributed by atoms with E-state index in [1.807, 2.05) is 38.2 Å². The maximum absolute atomic E-state index is 13.1. The van der Waals surface area contributed by atoms with Gasteiger partial charge >= 0.3 is 0 Å². The fraction of sp³-hybridized carbons (Fsp3) is 0.455. The summed E-state index contributed by atoms with van der Waals surface area (Å²) in [5, 5.41) is 0. The summed E-state index contributed by atoms with van der Waals surface area (Å²) < 4.78 is 0.435. The lowest BCUT2D eigenvalue weighted by molar-refractivity contribution is -0.113. The largest absolute Gasteiger partial charge is 0.289 e. The lowest BCUT2D eigenvalue weighted by Gasteiger charge is -2.24. The molecule has 0 aromatic carbocycles. The second-order valence-corrected chi connectivity index (χ2v) is 9.94. The Morgan fingerprint density at radius 1 is 0.731 bits per heavy atom. The van der Waals surface area contributed by atoms with Crippen LogP contribution < -0.4 is 0 Å². The molecule has 0 fully saturated rings. The van der Waals surface area contributed by atoms with Crippen molar-refractivity contribution in [3.05, 3.63) is 57.7 Å². The van der Waals surface area contributed by atoms with E-state index in [0.717, 1.165) is 59.1 Å². The second-order valence-electron chi connectivity index (χ2n) is 6.94. The van der Waals surface area contributed by atoms with Crippen molar-refractivity contribution < 1.29 is 9.59 Å². The van der Waals surface area contributed by atoms with Crippen LogP contribution in [0.1, 0.15) is 53.4 Å². The number of alkyl halides is 2. The van der Waals surface area contributed by atoms with Crippen LogP contribution in [0.15, 0.2) is 57.7 Å². The molecule has 0 heterocycles. The number of hydrogen-bond donors (Lipinski definition) is 0. The minimum absolute atomic E-state index is 0.102. The zero-order valence-corrected chi connectivity index (χ0v) is 20.2. The molecule has 2 aliphatic carbocycles. The van der Waals surface area contributed by atoms with E-state index in [2.05, 4.69) is 59.0 Å². The van der Waals surface area contributed by atoms with Crippen molar-refractivity contribution in [3.63, 3.8) is 0 Å². The van der Waals surface area contributed by atoms with Gasteiger partial charge in [-0.05, 0) is 73.3 Å². The summed E-state index contributed by atoms with van der Waals surface area (Å²) in [6, 6.07) is 0. The predicted octanol–water partition coefficient (Wildman–Crippen LogP) is 6.40. The summed E-state index contributed by atoms with van der Waals surface area (Å²) >= 11 is 4.79. The Kier molecular flexibility index (Phi) is 8.07. The van der Waals surface area contributed by atoms with E-state index in [4.69, 9.17) is 0 Å². The predicted molar refractivity (Wildman–Crippen MR) is 126 cm³/mol. The van der Waals surface area contributed by atoms with Gasteiger partial charge in [0.05, 0.1) is 0 Å². The molecule has 0 radical (unpaired) electrons. The van der Waals surface area contributed by atoms with Crippen LogP contribution in [0, 0.1) is 0 Å². The molecule has 140 valence electrons. The molecule has 0 aromatic rings. The number of hydrogen-bond acceptors (Lipinski definition) is 2. The first kappa shape index (κ1) is 21.8. The highest BCUT2D eigenvalue weighted by atomic mass is 127. The van der Waals surface area contributed by atoms with Gasteiger partial charge in [-0.2, -0.15) is 0 Å². The fourth-order valence-electron chi connectivity index (χ4n) is 3.24. The van der Waals surface area contributed by atoms with Crippen LogP contribution in [0.4, 0.5) is 0 Å². The average Bonchev–Trinajstić information content (AvgIpc) is 2.59. The van der Waals surface area contributed by atoms with Gasteiger partial charge in [0.25, 0.3) is 0 Å². The number of carbonyl (C=O) groups excluding carboxylic acids is 2. The van der Waals surface area contributed by atoms with Crippen LogP contribution in [0.2, 0.25) is 0 Å². The molecule has 0 saturated heterocycles. The third-order valence-corrected chi connectivity index (χ3v) is 7.29. The lowest BCUT2D eigenvalue weighted by atomic mass is 9.84.